The van der Waals surface area contributed by atoms with Gasteiger partial charge in [-0.1, -0.05) is 48.5 Å². The van der Waals surface area contributed by atoms with Crippen LogP contribution < -0.4 is 5.32 Å². The molecule has 1 heterocycles. The van der Waals surface area contributed by atoms with Gasteiger partial charge in [0.25, 0.3) is 5.91 Å². The van der Waals surface area contributed by atoms with E-state index in [2.05, 4.69) is 16.4 Å². The average molecular weight is 419 g/mol. The predicted octanol–water partition coefficient (Wildman–Crippen LogP) is 4.11. The summed E-state index contributed by atoms with van der Waals surface area (Å²) in [6.45, 7) is 0.493. The number of benzene rings is 3. The van der Waals surface area contributed by atoms with Crippen LogP contribution >= 0.6 is 0 Å². The van der Waals surface area contributed by atoms with Crippen molar-refractivity contribution in [2.45, 2.75) is 17.1 Å². The molecule has 0 fully saturated rings. The van der Waals surface area contributed by atoms with Crippen LogP contribution in [0.25, 0.3) is 10.9 Å². The molecule has 4 rings (SSSR count). The summed E-state index contributed by atoms with van der Waals surface area (Å²) >= 11 is 0. The van der Waals surface area contributed by atoms with Crippen molar-refractivity contribution in [3.63, 3.8) is 0 Å². The van der Waals surface area contributed by atoms with Crippen molar-refractivity contribution in [2.24, 2.45) is 0 Å². The van der Waals surface area contributed by atoms with Crippen LogP contribution in [0, 0.1) is 0 Å². The van der Waals surface area contributed by atoms with Crippen LogP contribution in [0.4, 0.5) is 0 Å². The summed E-state index contributed by atoms with van der Waals surface area (Å²) < 4.78 is 25.2. The fraction of sp³-hybridized carbons (Fsp3) is 0.125. The van der Waals surface area contributed by atoms with Gasteiger partial charge in [-0.3, -0.25) is 4.79 Å². The maximum absolute atomic E-state index is 12.6. The molecule has 5 nitrogen and oxygen atoms in total. The Balaban J connectivity index is 1.40. The average Bonchev–Trinajstić information content (AvgIpc) is 3.17. The van der Waals surface area contributed by atoms with E-state index < -0.39 is 9.84 Å². The SMILES string of the molecule is O=C(NCCc1c[nH]c2ccccc12)c1cccc(CS(=O)(=O)c2ccccc2)c1. The summed E-state index contributed by atoms with van der Waals surface area (Å²) in [6, 6.07) is 23.2. The van der Waals surface area contributed by atoms with E-state index in [1.54, 1.807) is 54.6 Å². The van der Waals surface area contributed by atoms with E-state index in [-0.39, 0.29) is 16.6 Å². The van der Waals surface area contributed by atoms with Crippen LogP contribution in [0.2, 0.25) is 0 Å². The largest absolute Gasteiger partial charge is 0.361 e. The Labute approximate surface area is 175 Å². The Bertz CT molecular complexity index is 1280. The lowest BCUT2D eigenvalue weighted by atomic mass is 10.1. The number of sulfone groups is 1. The topological polar surface area (TPSA) is 79.0 Å². The van der Waals surface area contributed by atoms with E-state index in [4.69, 9.17) is 0 Å². The first-order valence-corrected chi connectivity index (χ1v) is 11.4. The predicted molar refractivity (Wildman–Crippen MR) is 118 cm³/mol. The first kappa shape index (κ1) is 19.9. The second kappa shape index (κ2) is 8.55. The third-order valence-corrected chi connectivity index (χ3v) is 6.71. The minimum Gasteiger partial charge on any atom is -0.361 e. The Hall–Kier alpha value is -3.38. The van der Waals surface area contributed by atoms with Crippen LogP contribution in [0.3, 0.4) is 0 Å². The molecule has 6 heteroatoms. The Kier molecular flexibility index (Phi) is 5.68. The molecule has 0 aliphatic rings. The summed E-state index contributed by atoms with van der Waals surface area (Å²) in [5.41, 5.74) is 3.26. The third-order valence-electron chi connectivity index (χ3n) is 5.00. The van der Waals surface area contributed by atoms with Crippen molar-refractivity contribution in [3.8, 4) is 0 Å². The monoisotopic (exact) mass is 418 g/mol. The van der Waals surface area contributed by atoms with E-state index in [9.17, 15) is 13.2 Å². The summed E-state index contributed by atoms with van der Waals surface area (Å²) in [5, 5.41) is 4.07. The molecule has 0 aliphatic heterocycles. The van der Waals surface area contributed by atoms with E-state index in [0.29, 0.717) is 24.1 Å². The molecule has 0 unspecified atom stereocenters. The molecule has 0 saturated carbocycles. The van der Waals surface area contributed by atoms with Crippen molar-refractivity contribution in [2.75, 3.05) is 6.54 Å². The van der Waals surface area contributed by atoms with Crippen molar-refractivity contribution < 1.29 is 13.2 Å². The van der Waals surface area contributed by atoms with Gasteiger partial charge >= 0.3 is 0 Å². The van der Waals surface area contributed by atoms with Crippen LogP contribution in [0.15, 0.2) is 90.0 Å². The van der Waals surface area contributed by atoms with Crippen LogP contribution in [0.1, 0.15) is 21.5 Å². The maximum atomic E-state index is 12.6. The van der Waals surface area contributed by atoms with Gasteiger partial charge in [0.1, 0.15) is 0 Å². The van der Waals surface area contributed by atoms with Crippen LogP contribution in [-0.2, 0) is 22.0 Å². The highest BCUT2D eigenvalue weighted by Gasteiger charge is 2.16. The number of aromatic amines is 1. The standard InChI is InChI=1S/C24H22N2O3S/c27-24(25-14-13-20-16-26-23-12-5-4-11-22(20)23)19-8-6-7-18(15-19)17-30(28,29)21-9-2-1-3-10-21/h1-12,15-16,26H,13-14,17H2,(H,25,27). The fourth-order valence-electron chi connectivity index (χ4n) is 3.48. The number of amides is 1. The molecule has 2 N–H and O–H groups in total. The van der Waals surface area contributed by atoms with Gasteiger partial charge in [-0.05, 0) is 47.9 Å². The molecule has 1 amide bonds. The molecule has 30 heavy (non-hydrogen) atoms. The highest BCUT2D eigenvalue weighted by Crippen LogP contribution is 2.18. The zero-order valence-electron chi connectivity index (χ0n) is 16.3. The number of carbonyl (C=O) groups excluding carboxylic acids is 1. The summed E-state index contributed by atoms with van der Waals surface area (Å²) in [4.78, 5) is 16.1. The van der Waals surface area contributed by atoms with E-state index >= 15 is 0 Å². The van der Waals surface area contributed by atoms with Gasteiger partial charge in [0, 0.05) is 29.2 Å². The van der Waals surface area contributed by atoms with Crippen LogP contribution in [0.5, 0.6) is 0 Å². The van der Waals surface area contributed by atoms with Gasteiger partial charge < -0.3 is 10.3 Å². The number of nitrogens with one attached hydrogen (secondary N) is 2. The van der Waals surface area contributed by atoms with Gasteiger partial charge in [0.05, 0.1) is 10.6 Å². The number of hydrogen-bond acceptors (Lipinski definition) is 3. The molecule has 3 aromatic carbocycles. The normalized spacial score (nSPS) is 11.5. The molecule has 152 valence electrons. The van der Waals surface area contributed by atoms with Crippen molar-refractivity contribution >= 4 is 26.6 Å². The minimum atomic E-state index is -3.46. The van der Waals surface area contributed by atoms with Gasteiger partial charge in [-0.2, -0.15) is 0 Å². The number of rotatable bonds is 7. The second-order valence-corrected chi connectivity index (χ2v) is 9.13. The maximum Gasteiger partial charge on any atom is 0.251 e. The molecule has 0 spiro atoms. The lowest BCUT2D eigenvalue weighted by Gasteiger charge is -2.08. The van der Waals surface area contributed by atoms with E-state index in [0.717, 1.165) is 16.5 Å². The zero-order chi connectivity index (χ0) is 21.0. The second-order valence-electron chi connectivity index (χ2n) is 7.14. The van der Waals surface area contributed by atoms with Crippen LogP contribution in [-0.4, -0.2) is 25.9 Å². The molecule has 4 aromatic rings. The van der Waals surface area contributed by atoms with Crippen molar-refractivity contribution in [1.29, 1.82) is 0 Å². The molecule has 0 atom stereocenters. The Morgan fingerprint density at radius 1 is 0.900 bits per heavy atom. The van der Waals surface area contributed by atoms with Gasteiger partial charge in [-0.15, -0.1) is 0 Å². The number of aromatic nitrogens is 1. The lowest BCUT2D eigenvalue weighted by Crippen LogP contribution is -2.25. The molecular weight excluding hydrogens is 396 g/mol. The van der Waals surface area contributed by atoms with E-state index in [1.165, 1.54) is 0 Å². The van der Waals surface area contributed by atoms with Crippen molar-refractivity contribution in [1.82, 2.24) is 10.3 Å². The third kappa shape index (κ3) is 4.44. The molecule has 0 bridgehead atoms. The minimum absolute atomic E-state index is 0.145. The highest BCUT2D eigenvalue weighted by atomic mass is 32.2. The molecular formula is C24H22N2O3S. The zero-order valence-corrected chi connectivity index (χ0v) is 17.2. The Morgan fingerprint density at radius 3 is 2.50 bits per heavy atom. The number of H-pyrrole nitrogens is 1. The number of fused-ring (bicyclic) bond motifs is 1. The molecule has 0 aliphatic carbocycles. The lowest BCUT2D eigenvalue weighted by molar-refractivity contribution is 0.0954. The smallest absolute Gasteiger partial charge is 0.251 e. The van der Waals surface area contributed by atoms with Gasteiger partial charge in [0.15, 0.2) is 9.84 Å². The van der Waals surface area contributed by atoms with Gasteiger partial charge in [0.2, 0.25) is 0 Å². The summed E-state index contributed by atoms with van der Waals surface area (Å²) in [7, 11) is -3.46. The summed E-state index contributed by atoms with van der Waals surface area (Å²) in [6.07, 6.45) is 2.67. The quantitative estimate of drug-likeness (QED) is 0.474. The van der Waals surface area contributed by atoms with Crippen molar-refractivity contribution in [3.05, 3.63) is 102 Å². The Morgan fingerprint density at radius 2 is 1.67 bits per heavy atom. The van der Waals surface area contributed by atoms with Gasteiger partial charge in [-0.25, -0.2) is 8.42 Å². The number of hydrogen-bond donors (Lipinski definition) is 2. The first-order valence-electron chi connectivity index (χ1n) is 9.73. The summed E-state index contributed by atoms with van der Waals surface area (Å²) in [5.74, 6) is -0.359. The highest BCUT2D eigenvalue weighted by molar-refractivity contribution is 7.90. The number of para-hydroxylation sites is 1. The fourth-order valence-corrected chi connectivity index (χ4v) is 4.84. The molecule has 1 aromatic heterocycles. The van der Waals surface area contributed by atoms with E-state index in [1.807, 2.05) is 24.4 Å². The molecule has 0 saturated heterocycles. The molecule has 0 radical (unpaired) electrons. The number of carbonyl (C=O) groups is 1. The first-order chi connectivity index (χ1) is 14.5.